The van der Waals surface area contributed by atoms with Crippen molar-refractivity contribution in [3.8, 4) is 0 Å². The first-order valence-corrected chi connectivity index (χ1v) is 6.03. The highest BCUT2D eigenvalue weighted by Crippen LogP contribution is 2.27. The predicted octanol–water partition coefficient (Wildman–Crippen LogP) is 1.35. The molecule has 0 aliphatic carbocycles. The zero-order valence-electron chi connectivity index (χ0n) is 8.53. The summed E-state index contributed by atoms with van der Waals surface area (Å²) in [5, 5.41) is 11.1. The monoisotopic (exact) mass is 212 g/mol. The summed E-state index contributed by atoms with van der Waals surface area (Å²) in [5.41, 5.74) is 0. The summed E-state index contributed by atoms with van der Waals surface area (Å²) in [5.74, 6) is 2.13. The number of thioether (sulfide) groups is 1. The minimum atomic E-state index is 0.272. The Kier molecular flexibility index (Phi) is 3.08. The molecule has 1 aliphatic heterocycles. The summed E-state index contributed by atoms with van der Waals surface area (Å²) < 4.78 is 0. The third-order valence-corrected chi connectivity index (χ3v) is 3.88. The molecule has 2 N–H and O–H groups in total. The van der Waals surface area contributed by atoms with Crippen molar-refractivity contribution in [1.29, 1.82) is 0 Å². The van der Waals surface area contributed by atoms with Gasteiger partial charge >= 0.3 is 0 Å². The lowest BCUT2D eigenvalue weighted by Gasteiger charge is -2.16. The van der Waals surface area contributed by atoms with Crippen molar-refractivity contribution in [2.45, 2.75) is 37.6 Å². The highest BCUT2D eigenvalue weighted by molar-refractivity contribution is 8.00. The number of nitrogens with one attached hydrogen (secondary N) is 2. The molecule has 1 aromatic heterocycles. The maximum atomic E-state index is 4.14. The molecule has 1 aliphatic rings. The SMILES string of the molecule is CC1CC(NC(C)c2ncn[nH]2)CS1. The first kappa shape index (κ1) is 9.98. The Morgan fingerprint density at radius 2 is 2.57 bits per heavy atom. The van der Waals surface area contributed by atoms with Gasteiger partial charge in [-0.05, 0) is 13.3 Å². The molecule has 5 heteroatoms. The maximum absolute atomic E-state index is 4.14. The van der Waals surface area contributed by atoms with Gasteiger partial charge in [0.1, 0.15) is 12.2 Å². The van der Waals surface area contributed by atoms with E-state index < -0.39 is 0 Å². The molecule has 0 spiro atoms. The second-order valence-corrected chi connectivity index (χ2v) is 5.31. The minimum Gasteiger partial charge on any atom is -0.304 e. The zero-order valence-corrected chi connectivity index (χ0v) is 9.34. The molecular weight excluding hydrogens is 196 g/mol. The number of nitrogens with zero attached hydrogens (tertiary/aromatic N) is 2. The van der Waals surface area contributed by atoms with Gasteiger partial charge in [0.25, 0.3) is 0 Å². The van der Waals surface area contributed by atoms with E-state index in [-0.39, 0.29) is 6.04 Å². The number of hydrogen-bond acceptors (Lipinski definition) is 4. The summed E-state index contributed by atoms with van der Waals surface area (Å²) in [7, 11) is 0. The fraction of sp³-hybridized carbons (Fsp3) is 0.778. The molecule has 0 radical (unpaired) electrons. The van der Waals surface area contributed by atoms with Crippen LogP contribution in [0.1, 0.15) is 32.1 Å². The molecule has 1 aromatic rings. The molecule has 14 heavy (non-hydrogen) atoms. The van der Waals surface area contributed by atoms with Crippen LogP contribution in [0.25, 0.3) is 0 Å². The second kappa shape index (κ2) is 4.31. The molecule has 0 aromatic carbocycles. The Hall–Kier alpha value is -0.550. The topological polar surface area (TPSA) is 53.6 Å². The second-order valence-electron chi connectivity index (χ2n) is 3.84. The van der Waals surface area contributed by atoms with Crippen LogP contribution in [-0.2, 0) is 0 Å². The number of rotatable bonds is 3. The van der Waals surface area contributed by atoms with Crippen LogP contribution in [0.15, 0.2) is 6.33 Å². The van der Waals surface area contributed by atoms with E-state index in [1.165, 1.54) is 12.2 Å². The minimum absolute atomic E-state index is 0.272. The first-order chi connectivity index (χ1) is 6.75. The lowest BCUT2D eigenvalue weighted by molar-refractivity contribution is 0.460. The molecule has 0 saturated carbocycles. The Labute approximate surface area is 88.3 Å². The van der Waals surface area contributed by atoms with E-state index >= 15 is 0 Å². The summed E-state index contributed by atoms with van der Waals surface area (Å²) in [6.07, 6.45) is 2.81. The van der Waals surface area contributed by atoms with Crippen LogP contribution in [0.2, 0.25) is 0 Å². The van der Waals surface area contributed by atoms with Gasteiger partial charge in [-0.1, -0.05) is 6.92 Å². The third kappa shape index (κ3) is 2.27. The van der Waals surface area contributed by atoms with E-state index in [0.29, 0.717) is 6.04 Å². The highest BCUT2D eigenvalue weighted by atomic mass is 32.2. The third-order valence-electron chi connectivity index (χ3n) is 2.53. The van der Waals surface area contributed by atoms with Crippen LogP contribution in [-0.4, -0.2) is 32.2 Å². The van der Waals surface area contributed by atoms with Gasteiger partial charge in [0.15, 0.2) is 0 Å². The average molecular weight is 212 g/mol. The van der Waals surface area contributed by atoms with E-state index in [9.17, 15) is 0 Å². The Morgan fingerprint density at radius 3 is 3.14 bits per heavy atom. The molecule has 2 rings (SSSR count). The van der Waals surface area contributed by atoms with Crippen LogP contribution in [0.3, 0.4) is 0 Å². The van der Waals surface area contributed by atoms with Gasteiger partial charge in [0.2, 0.25) is 0 Å². The number of hydrogen-bond donors (Lipinski definition) is 2. The van der Waals surface area contributed by atoms with Gasteiger partial charge in [-0.25, -0.2) is 4.98 Å². The van der Waals surface area contributed by atoms with Gasteiger partial charge in [-0.15, -0.1) is 0 Å². The zero-order chi connectivity index (χ0) is 9.97. The van der Waals surface area contributed by atoms with Gasteiger partial charge < -0.3 is 5.32 Å². The summed E-state index contributed by atoms with van der Waals surface area (Å²) in [6.45, 7) is 4.40. The van der Waals surface area contributed by atoms with Crippen molar-refractivity contribution in [2.24, 2.45) is 0 Å². The van der Waals surface area contributed by atoms with E-state index in [4.69, 9.17) is 0 Å². The maximum Gasteiger partial charge on any atom is 0.141 e. The highest BCUT2D eigenvalue weighted by Gasteiger charge is 2.23. The van der Waals surface area contributed by atoms with Gasteiger partial charge in [-0.3, -0.25) is 5.10 Å². The Morgan fingerprint density at radius 1 is 1.71 bits per heavy atom. The van der Waals surface area contributed by atoms with Crippen LogP contribution in [0.4, 0.5) is 0 Å². The summed E-state index contributed by atoms with van der Waals surface area (Å²) >= 11 is 2.04. The molecule has 1 fully saturated rings. The van der Waals surface area contributed by atoms with Crippen molar-refractivity contribution in [1.82, 2.24) is 20.5 Å². The fourth-order valence-electron chi connectivity index (χ4n) is 1.79. The number of aromatic amines is 1. The molecular formula is C9H16N4S. The molecule has 4 nitrogen and oxygen atoms in total. The molecule has 3 unspecified atom stereocenters. The predicted molar refractivity (Wildman–Crippen MR) is 58.3 cm³/mol. The smallest absolute Gasteiger partial charge is 0.141 e. The quantitative estimate of drug-likeness (QED) is 0.794. The van der Waals surface area contributed by atoms with Crippen LogP contribution in [0, 0.1) is 0 Å². The van der Waals surface area contributed by atoms with Crippen LogP contribution in [0.5, 0.6) is 0 Å². The Bertz CT molecular complexity index is 274. The lowest BCUT2D eigenvalue weighted by Crippen LogP contribution is -2.32. The molecule has 3 atom stereocenters. The number of H-pyrrole nitrogens is 1. The van der Waals surface area contributed by atoms with Gasteiger partial charge in [0.05, 0.1) is 6.04 Å². The molecule has 0 amide bonds. The van der Waals surface area contributed by atoms with E-state index in [1.54, 1.807) is 6.33 Å². The van der Waals surface area contributed by atoms with E-state index in [2.05, 4.69) is 34.3 Å². The van der Waals surface area contributed by atoms with Crippen LogP contribution < -0.4 is 5.32 Å². The molecule has 1 saturated heterocycles. The van der Waals surface area contributed by atoms with E-state index in [0.717, 1.165) is 11.1 Å². The van der Waals surface area contributed by atoms with Gasteiger partial charge in [-0.2, -0.15) is 16.9 Å². The normalized spacial score (nSPS) is 29.3. The molecule has 78 valence electrons. The largest absolute Gasteiger partial charge is 0.304 e. The number of aromatic nitrogens is 3. The Balaban J connectivity index is 1.86. The standard InChI is InChI=1S/C9H16N4S/c1-6-3-8(4-14-6)12-7(2)9-10-5-11-13-9/h5-8,12H,3-4H2,1-2H3,(H,10,11,13). The van der Waals surface area contributed by atoms with Crippen molar-refractivity contribution < 1.29 is 0 Å². The average Bonchev–Trinajstić information content (AvgIpc) is 2.75. The van der Waals surface area contributed by atoms with Crippen molar-refractivity contribution in [3.05, 3.63) is 12.2 Å². The van der Waals surface area contributed by atoms with Gasteiger partial charge in [0, 0.05) is 17.0 Å². The van der Waals surface area contributed by atoms with E-state index in [1.807, 2.05) is 11.8 Å². The molecule has 0 bridgehead atoms. The summed E-state index contributed by atoms with van der Waals surface area (Å²) in [6, 6.07) is 0.892. The fourth-order valence-corrected chi connectivity index (χ4v) is 2.95. The van der Waals surface area contributed by atoms with Crippen molar-refractivity contribution >= 4 is 11.8 Å². The van der Waals surface area contributed by atoms with Crippen LogP contribution >= 0.6 is 11.8 Å². The lowest BCUT2D eigenvalue weighted by atomic mass is 10.1. The van der Waals surface area contributed by atoms with Crippen molar-refractivity contribution in [3.63, 3.8) is 0 Å². The first-order valence-electron chi connectivity index (χ1n) is 4.98. The van der Waals surface area contributed by atoms with Crippen molar-refractivity contribution in [2.75, 3.05) is 5.75 Å². The summed E-state index contributed by atoms with van der Waals surface area (Å²) in [4.78, 5) is 4.14. The molecule has 2 heterocycles.